The molecule has 12 heteroatoms. The van der Waals surface area contributed by atoms with Gasteiger partial charge in [0, 0.05) is 56.8 Å². The van der Waals surface area contributed by atoms with Gasteiger partial charge in [0.2, 0.25) is 0 Å². The van der Waals surface area contributed by atoms with E-state index in [1.807, 2.05) is 187 Å². The summed E-state index contributed by atoms with van der Waals surface area (Å²) in [5.74, 6) is 0.279. The van der Waals surface area contributed by atoms with Gasteiger partial charge in [-0.15, -0.1) is 0 Å². The van der Waals surface area contributed by atoms with Crippen LogP contribution in [0.5, 0.6) is 69.0 Å². The summed E-state index contributed by atoms with van der Waals surface area (Å²) >= 11 is 0. The molecule has 12 N–H and O–H groups in total. The van der Waals surface area contributed by atoms with Gasteiger partial charge in [0.15, 0.2) is 0 Å². The van der Waals surface area contributed by atoms with Crippen LogP contribution in [-0.4, -0.2) is 61.3 Å². The van der Waals surface area contributed by atoms with Gasteiger partial charge < -0.3 is 61.3 Å². The first-order valence-electron chi connectivity index (χ1n) is 42.9. The Bertz CT molecular complexity index is 5200. The maximum Gasteiger partial charge on any atom is 0.122 e. The number of hydrogen-bond donors (Lipinski definition) is 12. The van der Waals surface area contributed by atoms with Crippen molar-refractivity contribution in [3.63, 3.8) is 0 Å². The van der Waals surface area contributed by atoms with E-state index in [1.54, 1.807) is 48.5 Å². The fourth-order valence-corrected chi connectivity index (χ4v) is 21.1. The lowest BCUT2D eigenvalue weighted by Gasteiger charge is -2.45. The van der Waals surface area contributed by atoms with Crippen LogP contribution in [-0.2, 0) is 10.8 Å². The van der Waals surface area contributed by atoms with E-state index < -0.39 is 34.5 Å². The van der Waals surface area contributed by atoms with Crippen molar-refractivity contribution in [1.29, 1.82) is 0 Å². The number of hydrogen-bond acceptors (Lipinski definition) is 12. The summed E-state index contributed by atoms with van der Waals surface area (Å²) < 4.78 is 0. The minimum atomic E-state index is -0.727. The van der Waals surface area contributed by atoms with Crippen LogP contribution in [0.15, 0.2) is 146 Å². The normalized spacial score (nSPS) is 14.5. The molecular weight excluding hydrogens is 1500 g/mol. The van der Waals surface area contributed by atoms with Crippen LogP contribution in [0.4, 0.5) is 0 Å². The van der Waals surface area contributed by atoms with Crippen LogP contribution in [0, 0.1) is 150 Å². The number of aromatic hydroxyl groups is 12. The molecule has 0 aliphatic heterocycles. The molecule has 2 aliphatic carbocycles. The number of phenols is 12. The second-order valence-electron chi connectivity index (χ2n) is 36.9. The van der Waals surface area contributed by atoms with E-state index in [-0.39, 0.29) is 80.8 Å². The standard InChI is InChI=1S/C109H120O12/c1-54-41-92(110)62(9)33-80(54)100(81-34-63(10)93(111)42-55(81)2)88-50-76(29-70(17)104(88)118)108(77-30-71(18)105(119)89(51-77)101(82-35-64(11)94(112)43-56(82)3)83-36-65(12)95(113)44-57(83)4)25-21-74(22-26-108)49-75-23-27-109(28-24-75,78-31-72(19)106(120)90(52-78)102(84-37-66(13)96(114)45-58(84)5)85-38-67(14)97(115)46-59(85)6)79-32-73(20)107(121)91(53-79)103(86-39-68(15)98(116)47-60(86)7)87-40-69(16)99(117)48-61(87)8/h29-48,50-53,74-75,100-103,110-121H,21-28,49H2,1-20H3. The summed E-state index contributed by atoms with van der Waals surface area (Å²) in [6, 6.07) is 48.0. The van der Waals surface area contributed by atoms with Crippen molar-refractivity contribution in [3.05, 3.63) is 346 Å². The number of aryl methyl sites for hydroxylation is 20. The van der Waals surface area contributed by atoms with Crippen LogP contribution in [0.25, 0.3) is 0 Å². The molecule has 12 aromatic rings. The number of benzene rings is 12. The van der Waals surface area contributed by atoms with Gasteiger partial charge in [-0.25, -0.2) is 0 Å². The second-order valence-corrected chi connectivity index (χ2v) is 36.9. The highest BCUT2D eigenvalue weighted by molar-refractivity contribution is 5.68. The lowest BCUT2D eigenvalue weighted by Crippen LogP contribution is -2.36. The maximum atomic E-state index is 13.0. The molecule has 12 aromatic carbocycles. The van der Waals surface area contributed by atoms with Crippen LogP contribution in [0.2, 0.25) is 0 Å². The lowest BCUT2D eigenvalue weighted by atomic mass is 9.58. The highest BCUT2D eigenvalue weighted by atomic mass is 16.3. The summed E-state index contributed by atoms with van der Waals surface area (Å²) in [5.41, 5.74) is 27.6. The van der Waals surface area contributed by atoms with Gasteiger partial charge in [0.1, 0.15) is 69.0 Å². The molecule has 14 rings (SSSR count). The van der Waals surface area contributed by atoms with Crippen LogP contribution >= 0.6 is 0 Å². The van der Waals surface area contributed by atoms with Crippen molar-refractivity contribution >= 4 is 0 Å². The summed E-state index contributed by atoms with van der Waals surface area (Å²) in [6.07, 6.45) is 7.08. The molecule has 628 valence electrons. The van der Waals surface area contributed by atoms with Gasteiger partial charge in [-0.05, 0) is 435 Å². The topological polar surface area (TPSA) is 243 Å². The highest BCUT2D eigenvalue weighted by Gasteiger charge is 2.46. The zero-order valence-corrected chi connectivity index (χ0v) is 74.1. The van der Waals surface area contributed by atoms with E-state index in [0.717, 1.165) is 143 Å². The van der Waals surface area contributed by atoms with Gasteiger partial charge in [-0.2, -0.15) is 0 Å². The second kappa shape index (κ2) is 32.7. The van der Waals surface area contributed by atoms with Gasteiger partial charge in [0.05, 0.1) is 0 Å². The monoisotopic (exact) mass is 1620 g/mol. The Morgan fingerprint density at radius 2 is 0.339 bits per heavy atom. The van der Waals surface area contributed by atoms with Crippen molar-refractivity contribution in [2.45, 2.75) is 231 Å². The van der Waals surface area contributed by atoms with Gasteiger partial charge in [0.25, 0.3) is 0 Å². The van der Waals surface area contributed by atoms with E-state index in [0.29, 0.717) is 115 Å². The van der Waals surface area contributed by atoms with Crippen molar-refractivity contribution in [3.8, 4) is 69.0 Å². The molecule has 0 aromatic heterocycles. The molecule has 0 amide bonds. The third-order valence-corrected chi connectivity index (χ3v) is 28.5. The predicted molar refractivity (Wildman–Crippen MR) is 486 cm³/mol. The van der Waals surface area contributed by atoms with Crippen LogP contribution in [0.1, 0.15) is 282 Å². The maximum absolute atomic E-state index is 13.0. The first-order valence-corrected chi connectivity index (χ1v) is 42.9. The molecule has 0 spiro atoms. The van der Waals surface area contributed by atoms with Crippen LogP contribution in [0.3, 0.4) is 0 Å². The minimum Gasteiger partial charge on any atom is -0.508 e. The largest absolute Gasteiger partial charge is 0.508 e. The third kappa shape index (κ3) is 15.6. The Morgan fingerprint density at radius 1 is 0.190 bits per heavy atom. The van der Waals surface area contributed by atoms with Gasteiger partial charge >= 0.3 is 0 Å². The van der Waals surface area contributed by atoms with E-state index in [1.165, 1.54) is 0 Å². The summed E-state index contributed by atoms with van der Waals surface area (Å²) in [5, 5.41) is 142. The molecule has 0 radical (unpaired) electrons. The minimum absolute atomic E-state index is 0.146. The van der Waals surface area contributed by atoms with E-state index in [9.17, 15) is 61.3 Å². The van der Waals surface area contributed by atoms with Crippen molar-refractivity contribution in [1.82, 2.24) is 0 Å². The highest BCUT2D eigenvalue weighted by Crippen LogP contribution is 2.59. The molecule has 0 bridgehead atoms. The van der Waals surface area contributed by atoms with Crippen molar-refractivity contribution in [2.24, 2.45) is 11.8 Å². The molecule has 12 nitrogen and oxygen atoms in total. The number of rotatable bonds is 18. The molecule has 0 saturated heterocycles. The van der Waals surface area contributed by atoms with E-state index in [2.05, 4.69) is 48.5 Å². The summed E-state index contributed by atoms with van der Waals surface area (Å²) in [7, 11) is 0. The Labute approximate surface area is 714 Å². The molecule has 0 heterocycles. The molecule has 2 fully saturated rings. The molecule has 2 aliphatic rings. The third-order valence-electron chi connectivity index (χ3n) is 28.5. The fourth-order valence-electron chi connectivity index (χ4n) is 21.1. The van der Waals surface area contributed by atoms with Crippen LogP contribution < -0.4 is 0 Å². The predicted octanol–water partition coefficient (Wildman–Crippen LogP) is 25.1. The average molecular weight is 1620 g/mol. The Kier molecular flexibility index (Phi) is 23.1. The first-order chi connectivity index (χ1) is 57.1. The fraction of sp³-hybridized carbons (Fsp3) is 0.339. The zero-order valence-electron chi connectivity index (χ0n) is 74.1. The summed E-state index contributed by atoms with van der Waals surface area (Å²) in [6.45, 7) is 38.9. The Hall–Kier alpha value is -11.8. The average Bonchev–Trinajstić information content (AvgIpc) is 0.732. The van der Waals surface area contributed by atoms with Gasteiger partial charge in [-0.1, -0.05) is 97.1 Å². The Morgan fingerprint density at radius 3 is 0.488 bits per heavy atom. The molecule has 0 unspecified atom stereocenters. The Balaban J connectivity index is 0.927. The SMILES string of the molecule is Cc1cc(C(c2cc(C)c(O)cc2C)c2cc(C3(c4cc(C)c(O)c(C(c5cc(C)c(O)cc5C)c5cc(C)c(O)cc5C)c4)CCC(CC4CCC(c5cc(C)c(O)c(C(c6cc(C)c(O)cc6C)c6cc(C)c(O)cc6C)c5)(c5cc(C)c(O)c(C(c6cc(C)c(O)cc6C)c6cc(C)c(O)cc6C)c5)CC4)CC3)cc(C)c2O)c(C)cc1O. The molecule has 121 heavy (non-hydrogen) atoms. The zero-order chi connectivity index (χ0) is 87.5. The molecule has 2 saturated carbocycles. The smallest absolute Gasteiger partial charge is 0.122 e. The van der Waals surface area contributed by atoms with Crippen molar-refractivity contribution < 1.29 is 61.3 Å². The number of phenolic OH excluding ortho intramolecular Hbond substituents is 12. The summed E-state index contributed by atoms with van der Waals surface area (Å²) in [4.78, 5) is 0. The first kappa shape index (κ1) is 85.7. The van der Waals surface area contributed by atoms with E-state index >= 15 is 0 Å². The molecular formula is C109H120O12. The molecule has 0 atom stereocenters. The van der Waals surface area contributed by atoms with E-state index in [4.69, 9.17) is 0 Å². The van der Waals surface area contributed by atoms with Crippen molar-refractivity contribution in [2.75, 3.05) is 0 Å². The van der Waals surface area contributed by atoms with Gasteiger partial charge in [-0.3, -0.25) is 0 Å². The lowest BCUT2D eigenvalue weighted by molar-refractivity contribution is 0.185. The quantitative estimate of drug-likeness (QED) is 0.0359.